The number of ether oxygens (including phenoxy) is 2. The van der Waals surface area contributed by atoms with Gasteiger partial charge in [0.05, 0.1) is 30.0 Å². The molecule has 3 aromatic rings. The Balaban J connectivity index is 1.31. The highest BCUT2D eigenvalue weighted by molar-refractivity contribution is 6.36. The van der Waals surface area contributed by atoms with Crippen LogP contribution in [0.5, 0.6) is 6.01 Å². The van der Waals surface area contributed by atoms with Crippen molar-refractivity contribution in [2.24, 2.45) is 0 Å². The monoisotopic (exact) mass is 590 g/mol. The van der Waals surface area contributed by atoms with E-state index in [0.717, 1.165) is 52.9 Å². The van der Waals surface area contributed by atoms with Gasteiger partial charge in [-0.25, -0.2) is 11.0 Å². The van der Waals surface area contributed by atoms with Crippen molar-refractivity contribution in [1.29, 1.82) is 0 Å². The molecule has 11 heteroatoms. The molecular formula is C31H32ClFN6O3. The normalized spacial score (nSPS) is 18.5. The first-order valence-corrected chi connectivity index (χ1v) is 14.6. The average molecular weight is 591 g/mol. The Morgan fingerprint density at radius 3 is 2.69 bits per heavy atom. The first kappa shape index (κ1) is 28.2. The lowest BCUT2D eigenvalue weighted by Crippen LogP contribution is -2.57. The molecule has 1 saturated heterocycles. The molecule has 3 heterocycles. The minimum atomic E-state index is -1.02. The maximum absolute atomic E-state index is 13.8. The van der Waals surface area contributed by atoms with E-state index in [1.165, 1.54) is 4.90 Å². The number of aromatic nitrogens is 2. The Morgan fingerprint density at radius 1 is 1.12 bits per heavy atom. The summed E-state index contributed by atoms with van der Waals surface area (Å²) >= 11 is 6.66. The number of fused-ring (bicyclic) bond motifs is 2. The second-order valence-electron chi connectivity index (χ2n) is 10.8. The lowest BCUT2D eigenvalue weighted by atomic mass is 10.0. The van der Waals surface area contributed by atoms with Gasteiger partial charge in [0.1, 0.15) is 18.5 Å². The van der Waals surface area contributed by atoms with Gasteiger partial charge in [0.15, 0.2) is 5.83 Å². The van der Waals surface area contributed by atoms with Crippen molar-refractivity contribution < 1.29 is 18.7 Å². The SMILES string of the molecule is [C-]#[N+]C[C@H]1CN(c2nc(OCCOC3CC3)nc3c2CCN(c2cccc4cccc(Cl)c24)C3)CCN1C(=O)C(=C)F. The van der Waals surface area contributed by atoms with Crippen molar-refractivity contribution in [3.05, 3.63) is 76.5 Å². The van der Waals surface area contributed by atoms with Gasteiger partial charge in [-0.3, -0.25) is 4.79 Å². The lowest BCUT2D eigenvalue weighted by molar-refractivity contribution is -0.131. The number of nitrogens with zero attached hydrogens (tertiary/aromatic N) is 6. The minimum Gasteiger partial charge on any atom is -0.461 e. The topological polar surface area (TPSA) is 75.4 Å². The molecular weight excluding hydrogens is 559 g/mol. The summed E-state index contributed by atoms with van der Waals surface area (Å²) in [4.78, 5) is 31.4. The number of carbonyl (C=O) groups excluding carboxylic acids is 1. The summed E-state index contributed by atoms with van der Waals surface area (Å²) in [7, 11) is 0. The molecule has 6 rings (SSSR count). The van der Waals surface area contributed by atoms with Crippen LogP contribution in [0.1, 0.15) is 24.1 Å². The van der Waals surface area contributed by atoms with Crippen LogP contribution < -0.4 is 14.5 Å². The van der Waals surface area contributed by atoms with Gasteiger partial charge in [-0.1, -0.05) is 42.4 Å². The Morgan fingerprint density at radius 2 is 1.93 bits per heavy atom. The fourth-order valence-electron chi connectivity index (χ4n) is 5.77. The molecule has 1 saturated carbocycles. The van der Waals surface area contributed by atoms with Gasteiger partial charge >= 0.3 is 6.01 Å². The van der Waals surface area contributed by atoms with Crippen LogP contribution >= 0.6 is 11.6 Å². The smallest absolute Gasteiger partial charge is 0.318 e. The second kappa shape index (κ2) is 12.1. The van der Waals surface area contributed by atoms with E-state index in [9.17, 15) is 9.18 Å². The van der Waals surface area contributed by atoms with E-state index in [1.54, 1.807) is 0 Å². The van der Waals surface area contributed by atoms with E-state index < -0.39 is 17.8 Å². The molecule has 2 aliphatic heterocycles. The second-order valence-corrected chi connectivity index (χ2v) is 11.2. The summed E-state index contributed by atoms with van der Waals surface area (Å²) in [6.07, 6.45) is 3.19. The lowest BCUT2D eigenvalue weighted by Gasteiger charge is -2.41. The highest BCUT2D eigenvalue weighted by Gasteiger charge is 2.36. The molecule has 1 amide bonds. The third-order valence-electron chi connectivity index (χ3n) is 7.96. The van der Waals surface area contributed by atoms with Crippen molar-refractivity contribution >= 4 is 39.8 Å². The predicted molar refractivity (Wildman–Crippen MR) is 160 cm³/mol. The zero-order valence-electron chi connectivity index (χ0n) is 23.3. The molecule has 1 aromatic heterocycles. The molecule has 0 bridgehead atoms. The number of halogens is 2. The molecule has 2 aromatic carbocycles. The third kappa shape index (κ3) is 5.85. The molecule has 0 spiro atoms. The minimum absolute atomic E-state index is 0.0558. The average Bonchev–Trinajstić information content (AvgIpc) is 3.83. The van der Waals surface area contributed by atoms with Gasteiger partial charge in [0.2, 0.25) is 6.54 Å². The first-order chi connectivity index (χ1) is 20.4. The van der Waals surface area contributed by atoms with E-state index in [0.29, 0.717) is 50.4 Å². The van der Waals surface area contributed by atoms with Crippen LogP contribution in [-0.2, 0) is 22.5 Å². The summed E-state index contributed by atoms with van der Waals surface area (Å²) in [5.74, 6) is -1.05. The third-order valence-corrected chi connectivity index (χ3v) is 8.28. The zero-order chi connectivity index (χ0) is 29.2. The summed E-state index contributed by atoms with van der Waals surface area (Å²) in [6.45, 7) is 13.7. The Kier molecular flexibility index (Phi) is 8.13. The maximum atomic E-state index is 13.8. The standard InChI is InChI=1S/C31H32ClFN6O3/c1-20(33)30(40)39-14-13-38(18-22(39)17-34-2)29-24-11-12-37(27-8-4-6-21-5-3-7-25(32)28(21)27)19-26(24)35-31(36-29)42-16-15-41-23-9-10-23/h3-8,22-23H,1,9-19H2/t22-/m0/s1. The number of benzene rings is 2. The molecule has 0 unspecified atom stereocenters. The van der Waals surface area contributed by atoms with Crippen LogP contribution in [0.2, 0.25) is 5.02 Å². The van der Waals surface area contributed by atoms with E-state index in [1.807, 2.05) is 18.2 Å². The van der Waals surface area contributed by atoms with Gasteiger partial charge < -0.3 is 29.0 Å². The highest BCUT2D eigenvalue weighted by Crippen LogP contribution is 2.37. The van der Waals surface area contributed by atoms with E-state index in [2.05, 4.69) is 39.4 Å². The largest absolute Gasteiger partial charge is 0.461 e. The fourth-order valence-corrected chi connectivity index (χ4v) is 6.05. The van der Waals surface area contributed by atoms with Crippen molar-refractivity contribution in [2.45, 2.75) is 38.0 Å². The van der Waals surface area contributed by atoms with Gasteiger partial charge in [-0.2, -0.15) is 9.97 Å². The van der Waals surface area contributed by atoms with Crippen LogP contribution in [0.3, 0.4) is 0 Å². The summed E-state index contributed by atoms with van der Waals surface area (Å²) in [5.41, 5.74) is 2.90. The Hall–Kier alpha value is -3.94. The number of carbonyl (C=O) groups is 1. The first-order valence-electron chi connectivity index (χ1n) is 14.2. The van der Waals surface area contributed by atoms with Crippen LogP contribution in [-0.4, -0.2) is 78.9 Å². The van der Waals surface area contributed by atoms with Crippen LogP contribution in [0, 0.1) is 6.57 Å². The number of piperazine rings is 1. The van der Waals surface area contributed by atoms with E-state index in [-0.39, 0.29) is 19.1 Å². The van der Waals surface area contributed by atoms with E-state index in [4.69, 9.17) is 37.6 Å². The summed E-state index contributed by atoms with van der Waals surface area (Å²) < 4.78 is 25.5. The maximum Gasteiger partial charge on any atom is 0.318 e. The summed E-state index contributed by atoms with van der Waals surface area (Å²) in [6, 6.07) is 11.9. The van der Waals surface area contributed by atoms with Crippen LogP contribution in [0.25, 0.3) is 15.6 Å². The molecule has 1 atom stereocenters. The summed E-state index contributed by atoms with van der Waals surface area (Å²) in [5, 5.41) is 2.78. The Labute approximate surface area is 249 Å². The molecule has 0 radical (unpaired) electrons. The fraction of sp³-hybridized carbons (Fsp3) is 0.419. The van der Waals surface area contributed by atoms with E-state index >= 15 is 0 Å². The molecule has 42 heavy (non-hydrogen) atoms. The zero-order valence-corrected chi connectivity index (χ0v) is 24.0. The highest BCUT2D eigenvalue weighted by atomic mass is 35.5. The predicted octanol–water partition coefficient (Wildman–Crippen LogP) is 4.82. The number of amides is 1. The van der Waals surface area contributed by atoms with Gasteiger partial charge in [0, 0.05) is 42.8 Å². The van der Waals surface area contributed by atoms with Crippen molar-refractivity contribution in [3.63, 3.8) is 0 Å². The van der Waals surface area contributed by atoms with Gasteiger partial charge in [0.25, 0.3) is 5.91 Å². The van der Waals surface area contributed by atoms with Crippen molar-refractivity contribution in [1.82, 2.24) is 14.9 Å². The van der Waals surface area contributed by atoms with Crippen LogP contribution in [0.4, 0.5) is 15.9 Å². The number of hydrogen-bond donors (Lipinski definition) is 0. The molecule has 218 valence electrons. The molecule has 2 fully saturated rings. The molecule has 1 aliphatic carbocycles. The van der Waals surface area contributed by atoms with Crippen molar-refractivity contribution in [2.75, 3.05) is 55.7 Å². The molecule has 3 aliphatic rings. The van der Waals surface area contributed by atoms with Crippen molar-refractivity contribution in [3.8, 4) is 6.01 Å². The number of hydrogen-bond acceptors (Lipinski definition) is 7. The molecule has 9 nitrogen and oxygen atoms in total. The number of rotatable bonds is 9. The molecule has 0 N–H and O–H groups in total. The van der Waals surface area contributed by atoms with Crippen LogP contribution in [0.15, 0.2) is 48.8 Å². The van der Waals surface area contributed by atoms with Gasteiger partial charge in [-0.15, -0.1) is 0 Å². The quantitative estimate of drug-likeness (QED) is 0.201. The Bertz CT molecular complexity index is 1550. The van der Waals surface area contributed by atoms with Gasteiger partial charge in [-0.05, 0) is 36.8 Å². The number of anilines is 2.